The molecule has 0 aliphatic rings. The molecule has 0 atom stereocenters. The number of hydrogen-bond acceptors (Lipinski definition) is 6. The molecule has 0 aliphatic carbocycles. The van der Waals surface area contributed by atoms with Crippen molar-refractivity contribution in [3.05, 3.63) is 52.6 Å². The minimum atomic E-state index is -0.770. The predicted molar refractivity (Wildman–Crippen MR) is 86.2 cm³/mol. The summed E-state index contributed by atoms with van der Waals surface area (Å²) in [5.74, 6) is -1.42. The molecule has 7 nitrogen and oxygen atoms in total. The number of para-hydroxylation sites is 1. The molecule has 1 aromatic carbocycles. The summed E-state index contributed by atoms with van der Waals surface area (Å²) in [6, 6.07) is 11.7. The summed E-state index contributed by atoms with van der Waals surface area (Å²) in [6.07, 6.45) is 0. The van der Waals surface area contributed by atoms with Gasteiger partial charge < -0.3 is 18.9 Å². The van der Waals surface area contributed by atoms with Crippen molar-refractivity contribution < 1.29 is 23.2 Å². The van der Waals surface area contributed by atoms with Crippen molar-refractivity contribution in [3.8, 4) is 6.07 Å². The highest BCUT2D eigenvalue weighted by Crippen LogP contribution is 2.30. The van der Waals surface area contributed by atoms with Crippen LogP contribution in [0.15, 0.2) is 49.9 Å². The standard InChI is InChI=1S/C16H9BrN2O5/c17-13-6-5-11(24-13)16(21)22-8-14(20)19-15-9-3-1-2-4-10(9)23-12(15)7-18/h1-6H,8H2,(H,19,20). The molecular formula is C16H9BrN2O5. The first-order chi connectivity index (χ1) is 11.6. The maximum absolute atomic E-state index is 12.0. The number of nitriles is 1. The highest BCUT2D eigenvalue weighted by atomic mass is 79.9. The zero-order chi connectivity index (χ0) is 17.1. The van der Waals surface area contributed by atoms with Gasteiger partial charge in [0, 0.05) is 5.39 Å². The third kappa shape index (κ3) is 3.16. The van der Waals surface area contributed by atoms with Gasteiger partial charge in [0.15, 0.2) is 11.3 Å². The monoisotopic (exact) mass is 388 g/mol. The van der Waals surface area contributed by atoms with Crippen LogP contribution in [-0.4, -0.2) is 18.5 Å². The first-order valence-electron chi connectivity index (χ1n) is 6.72. The third-order valence-corrected chi connectivity index (χ3v) is 3.50. The number of nitrogens with one attached hydrogen (secondary N) is 1. The van der Waals surface area contributed by atoms with Gasteiger partial charge in [-0.15, -0.1) is 0 Å². The van der Waals surface area contributed by atoms with Gasteiger partial charge in [0.25, 0.3) is 5.91 Å². The maximum atomic E-state index is 12.0. The highest BCUT2D eigenvalue weighted by molar-refractivity contribution is 9.10. The van der Waals surface area contributed by atoms with Crippen molar-refractivity contribution in [3.63, 3.8) is 0 Å². The molecule has 0 aliphatic heterocycles. The fraction of sp³-hybridized carbons (Fsp3) is 0.0625. The number of esters is 1. The van der Waals surface area contributed by atoms with Crippen molar-refractivity contribution >= 4 is 44.5 Å². The first kappa shape index (κ1) is 15.8. The van der Waals surface area contributed by atoms with E-state index in [-0.39, 0.29) is 17.2 Å². The van der Waals surface area contributed by atoms with Gasteiger partial charge in [0.1, 0.15) is 17.3 Å². The van der Waals surface area contributed by atoms with E-state index in [1.54, 1.807) is 24.3 Å². The average Bonchev–Trinajstić information content (AvgIpc) is 3.17. The molecule has 24 heavy (non-hydrogen) atoms. The van der Waals surface area contributed by atoms with Crippen molar-refractivity contribution in [1.29, 1.82) is 5.26 Å². The number of amides is 1. The van der Waals surface area contributed by atoms with Gasteiger partial charge in [-0.2, -0.15) is 5.26 Å². The number of ether oxygens (including phenoxy) is 1. The molecule has 0 radical (unpaired) electrons. The average molecular weight is 389 g/mol. The van der Waals surface area contributed by atoms with Crippen LogP contribution in [0.3, 0.4) is 0 Å². The number of hydrogen-bond donors (Lipinski definition) is 1. The number of fused-ring (bicyclic) bond motifs is 1. The van der Waals surface area contributed by atoms with Crippen LogP contribution < -0.4 is 5.32 Å². The van der Waals surface area contributed by atoms with E-state index in [1.165, 1.54) is 12.1 Å². The van der Waals surface area contributed by atoms with E-state index in [2.05, 4.69) is 21.2 Å². The Kier molecular flexibility index (Phi) is 4.35. The van der Waals surface area contributed by atoms with Crippen LogP contribution in [0.4, 0.5) is 5.69 Å². The Labute approximate surface area is 143 Å². The summed E-state index contributed by atoms with van der Waals surface area (Å²) < 4.78 is 15.6. The maximum Gasteiger partial charge on any atom is 0.374 e. The van der Waals surface area contributed by atoms with E-state index < -0.39 is 18.5 Å². The normalized spacial score (nSPS) is 10.3. The molecule has 0 saturated carbocycles. The number of furan rings is 2. The van der Waals surface area contributed by atoms with E-state index >= 15 is 0 Å². The lowest BCUT2D eigenvalue weighted by molar-refractivity contribution is -0.119. The second-order valence-electron chi connectivity index (χ2n) is 4.64. The number of rotatable bonds is 4. The van der Waals surface area contributed by atoms with Gasteiger partial charge in [-0.25, -0.2) is 4.79 Å². The van der Waals surface area contributed by atoms with Crippen LogP contribution in [0, 0.1) is 11.3 Å². The van der Waals surface area contributed by atoms with E-state index in [0.29, 0.717) is 15.6 Å². The summed E-state index contributed by atoms with van der Waals surface area (Å²) in [5, 5.41) is 12.2. The fourth-order valence-corrected chi connectivity index (χ4v) is 2.36. The molecule has 8 heteroatoms. The van der Waals surface area contributed by atoms with Crippen LogP contribution in [0.25, 0.3) is 11.0 Å². The van der Waals surface area contributed by atoms with E-state index in [4.69, 9.17) is 18.8 Å². The second-order valence-corrected chi connectivity index (χ2v) is 5.42. The molecular weight excluding hydrogens is 380 g/mol. The van der Waals surface area contributed by atoms with Crippen LogP contribution in [-0.2, 0) is 9.53 Å². The number of halogens is 1. The molecule has 2 aromatic heterocycles. The summed E-state index contributed by atoms with van der Waals surface area (Å²) in [4.78, 5) is 23.7. The Balaban J connectivity index is 1.69. The molecule has 0 saturated heterocycles. The van der Waals surface area contributed by atoms with Crippen LogP contribution in [0.1, 0.15) is 16.3 Å². The molecule has 1 N–H and O–H groups in total. The third-order valence-electron chi connectivity index (χ3n) is 3.07. The first-order valence-corrected chi connectivity index (χ1v) is 7.51. The van der Waals surface area contributed by atoms with Crippen LogP contribution in [0.5, 0.6) is 0 Å². The van der Waals surface area contributed by atoms with Crippen molar-refractivity contribution in [2.75, 3.05) is 11.9 Å². The van der Waals surface area contributed by atoms with Crippen molar-refractivity contribution in [1.82, 2.24) is 0 Å². The second kappa shape index (κ2) is 6.60. The van der Waals surface area contributed by atoms with Gasteiger partial charge >= 0.3 is 5.97 Å². The number of carbonyl (C=O) groups excluding carboxylic acids is 2. The van der Waals surface area contributed by atoms with Gasteiger partial charge in [0.05, 0.1) is 0 Å². The molecule has 120 valence electrons. The Morgan fingerprint density at radius 1 is 1.21 bits per heavy atom. The molecule has 0 bridgehead atoms. The Morgan fingerprint density at radius 2 is 2.00 bits per heavy atom. The Morgan fingerprint density at radius 3 is 2.71 bits per heavy atom. The number of nitrogens with zero attached hydrogens (tertiary/aromatic N) is 1. The summed E-state index contributed by atoms with van der Waals surface area (Å²) in [5.41, 5.74) is 0.719. The molecule has 0 fully saturated rings. The van der Waals surface area contributed by atoms with Crippen LogP contribution in [0.2, 0.25) is 0 Å². The van der Waals surface area contributed by atoms with Gasteiger partial charge in [0.2, 0.25) is 11.5 Å². The largest absolute Gasteiger partial charge is 0.450 e. The lowest BCUT2D eigenvalue weighted by atomic mass is 10.2. The number of carbonyl (C=O) groups is 2. The van der Waals surface area contributed by atoms with Gasteiger partial charge in [-0.3, -0.25) is 4.79 Å². The fourth-order valence-electron chi connectivity index (χ4n) is 2.05. The quantitative estimate of drug-likeness (QED) is 0.686. The molecule has 1 amide bonds. The molecule has 3 aromatic rings. The lowest BCUT2D eigenvalue weighted by Crippen LogP contribution is -2.21. The summed E-state index contributed by atoms with van der Waals surface area (Å²) in [7, 11) is 0. The zero-order valence-corrected chi connectivity index (χ0v) is 13.6. The van der Waals surface area contributed by atoms with E-state index in [9.17, 15) is 9.59 Å². The highest BCUT2D eigenvalue weighted by Gasteiger charge is 2.18. The molecule has 0 spiro atoms. The Bertz CT molecular complexity index is 966. The van der Waals surface area contributed by atoms with E-state index in [0.717, 1.165) is 0 Å². The lowest BCUT2D eigenvalue weighted by Gasteiger charge is -2.04. The van der Waals surface area contributed by atoms with Crippen LogP contribution >= 0.6 is 15.9 Å². The zero-order valence-electron chi connectivity index (χ0n) is 12.0. The molecule has 2 heterocycles. The van der Waals surface area contributed by atoms with Gasteiger partial charge in [-0.05, 0) is 40.2 Å². The van der Waals surface area contributed by atoms with Crippen molar-refractivity contribution in [2.24, 2.45) is 0 Å². The molecule has 0 unspecified atom stereocenters. The number of benzene rings is 1. The Hall–Kier alpha value is -3.05. The summed E-state index contributed by atoms with van der Waals surface area (Å²) in [6.45, 7) is -0.526. The van der Waals surface area contributed by atoms with Gasteiger partial charge in [-0.1, -0.05) is 12.1 Å². The minimum Gasteiger partial charge on any atom is -0.450 e. The molecule has 3 rings (SSSR count). The SMILES string of the molecule is N#Cc1oc2ccccc2c1NC(=O)COC(=O)c1ccc(Br)o1. The minimum absolute atomic E-state index is 0.0224. The van der Waals surface area contributed by atoms with E-state index in [1.807, 2.05) is 6.07 Å². The predicted octanol–water partition coefficient (Wildman–Crippen LogP) is 3.46. The summed E-state index contributed by atoms with van der Waals surface area (Å²) >= 11 is 3.06. The van der Waals surface area contributed by atoms with Crippen molar-refractivity contribution in [2.45, 2.75) is 0 Å². The topological polar surface area (TPSA) is 105 Å². The smallest absolute Gasteiger partial charge is 0.374 e. The number of anilines is 1.